The highest BCUT2D eigenvalue weighted by Crippen LogP contribution is 2.12. The highest BCUT2D eigenvalue weighted by atomic mass is 15.2. The lowest BCUT2D eigenvalue weighted by Crippen LogP contribution is -2.51. The Morgan fingerprint density at radius 2 is 1.64 bits per heavy atom. The van der Waals surface area contributed by atoms with Gasteiger partial charge in [0.25, 0.3) is 0 Å². The Morgan fingerprint density at radius 1 is 1.07 bits per heavy atom. The van der Waals surface area contributed by atoms with Crippen molar-refractivity contribution in [1.82, 2.24) is 9.80 Å². The smallest absolute Gasteiger partial charge is 0.0275 e. The first-order valence-corrected chi connectivity index (χ1v) is 5.54. The Kier molecular flexibility index (Phi) is 6.33. The third-order valence-corrected chi connectivity index (χ3v) is 2.67. The molecule has 3 heteroatoms. The second-order valence-corrected chi connectivity index (χ2v) is 4.81. The molecule has 0 saturated heterocycles. The summed E-state index contributed by atoms with van der Waals surface area (Å²) in [6, 6.07) is 0. The van der Waals surface area contributed by atoms with Gasteiger partial charge in [-0.2, -0.15) is 0 Å². The van der Waals surface area contributed by atoms with Crippen LogP contribution in [0.25, 0.3) is 0 Å². The zero-order valence-corrected chi connectivity index (χ0v) is 10.5. The molecule has 0 spiro atoms. The van der Waals surface area contributed by atoms with E-state index in [1.54, 1.807) is 0 Å². The molecule has 0 fully saturated rings. The molecule has 14 heavy (non-hydrogen) atoms. The van der Waals surface area contributed by atoms with Crippen molar-refractivity contribution in [3.8, 4) is 0 Å². The maximum Gasteiger partial charge on any atom is 0.0275 e. The van der Waals surface area contributed by atoms with Crippen LogP contribution < -0.4 is 5.73 Å². The van der Waals surface area contributed by atoms with Gasteiger partial charge in [0.1, 0.15) is 0 Å². The standard InChI is InChI=1S/C11H27N3/c1-6-7-14(9-8-13(4)5)11(2,3)10-12/h6-10,12H2,1-5H3. The highest BCUT2D eigenvalue weighted by molar-refractivity contribution is 4.82. The molecular weight excluding hydrogens is 174 g/mol. The van der Waals surface area contributed by atoms with E-state index in [0.29, 0.717) is 0 Å². The second-order valence-electron chi connectivity index (χ2n) is 4.81. The minimum absolute atomic E-state index is 0.131. The molecule has 0 rings (SSSR count). The largest absolute Gasteiger partial charge is 0.329 e. The van der Waals surface area contributed by atoms with Crippen LogP contribution in [0.5, 0.6) is 0 Å². The Balaban J connectivity index is 4.13. The predicted molar refractivity (Wildman–Crippen MR) is 63.6 cm³/mol. The van der Waals surface area contributed by atoms with Crippen LogP contribution >= 0.6 is 0 Å². The maximum absolute atomic E-state index is 5.79. The lowest BCUT2D eigenvalue weighted by Gasteiger charge is -2.38. The van der Waals surface area contributed by atoms with Crippen LogP contribution in [-0.4, -0.2) is 55.6 Å². The van der Waals surface area contributed by atoms with Gasteiger partial charge in [0.05, 0.1) is 0 Å². The summed E-state index contributed by atoms with van der Waals surface area (Å²) in [5.74, 6) is 0. The molecule has 0 aromatic rings. The monoisotopic (exact) mass is 201 g/mol. The Morgan fingerprint density at radius 3 is 2.00 bits per heavy atom. The van der Waals surface area contributed by atoms with Gasteiger partial charge >= 0.3 is 0 Å². The van der Waals surface area contributed by atoms with Gasteiger partial charge in [0.15, 0.2) is 0 Å². The number of likely N-dealkylation sites (N-methyl/N-ethyl adjacent to an activating group) is 1. The van der Waals surface area contributed by atoms with Gasteiger partial charge in [-0.25, -0.2) is 0 Å². The number of nitrogens with two attached hydrogens (primary N) is 1. The van der Waals surface area contributed by atoms with E-state index in [2.05, 4.69) is 44.7 Å². The van der Waals surface area contributed by atoms with Crippen molar-refractivity contribution in [2.45, 2.75) is 32.7 Å². The van der Waals surface area contributed by atoms with Gasteiger partial charge in [0, 0.05) is 25.2 Å². The highest BCUT2D eigenvalue weighted by Gasteiger charge is 2.23. The molecule has 0 aromatic heterocycles. The van der Waals surface area contributed by atoms with Gasteiger partial charge in [-0.15, -0.1) is 0 Å². The first-order valence-electron chi connectivity index (χ1n) is 5.54. The molecule has 0 aliphatic heterocycles. The molecule has 0 aromatic carbocycles. The van der Waals surface area contributed by atoms with Crippen molar-refractivity contribution in [3.63, 3.8) is 0 Å². The molecule has 0 saturated carbocycles. The Hall–Kier alpha value is -0.120. The summed E-state index contributed by atoms with van der Waals surface area (Å²) in [6.45, 7) is 10.7. The molecule has 3 nitrogen and oxygen atoms in total. The summed E-state index contributed by atoms with van der Waals surface area (Å²) in [5.41, 5.74) is 5.92. The fourth-order valence-electron chi connectivity index (χ4n) is 1.44. The third-order valence-electron chi connectivity index (χ3n) is 2.67. The minimum atomic E-state index is 0.131. The van der Waals surface area contributed by atoms with Crippen LogP contribution in [0, 0.1) is 0 Å². The fraction of sp³-hybridized carbons (Fsp3) is 1.00. The van der Waals surface area contributed by atoms with Crippen LogP contribution in [0.15, 0.2) is 0 Å². The van der Waals surface area contributed by atoms with Crippen molar-refractivity contribution in [2.24, 2.45) is 5.73 Å². The normalized spacial score (nSPS) is 12.9. The molecular formula is C11H27N3. The quantitative estimate of drug-likeness (QED) is 0.667. The molecule has 0 atom stereocenters. The average Bonchev–Trinajstić information content (AvgIpc) is 2.11. The Labute approximate surface area is 89.2 Å². The zero-order valence-electron chi connectivity index (χ0n) is 10.5. The Bertz CT molecular complexity index is 143. The van der Waals surface area contributed by atoms with E-state index in [1.807, 2.05) is 0 Å². The molecule has 0 unspecified atom stereocenters. The van der Waals surface area contributed by atoms with Gasteiger partial charge in [-0.3, -0.25) is 4.90 Å². The van der Waals surface area contributed by atoms with Gasteiger partial charge in [-0.05, 0) is 40.9 Å². The topological polar surface area (TPSA) is 32.5 Å². The van der Waals surface area contributed by atoms with E-state index in [4.69, 9.17) is 5.73 Å². The molecule has 0 aliphatic carbocycles. The van der Waals surface area contributed by atoms with Crippen LogP contribution in [-0.2, 0) is 0 Å². The van der Waals surface area contributed by atoms with E-state index in [9.17, 15) is 0 Å². The average molecular weight is 201 g/mol. The van der Waals surface area contributed by atoms with Crippen LogP contribution in [0.4, 0.5) is 0 Å². The first-order chi connectivity index (χ1) is 6.44. The van der Waals surface area contributed by atoms with Gasteiger partial charge < -0.3 is 10.6 Å². The van der Waals surface area contributed by atoms with Crippen molar-refractivity contribution >= 4 is 0 Å². The molecule has 0 bridgehead atoms. The SMILES string of the molecule is CCCN(CCN(C)C)C(C)(C)CN. The zero-order chi connectivity index (χ0) is 11.2. The van der Waals surface area contributed by atoms with E-state index >= 15 is 0 Å². The van der Waals surface area contributed by atoms with Crippen molar-refractivity contribution in [2.75, 3.05) is 40.3 Å². The summed E-state index contributed by atoms with van der Waals surface area (Å²) in [6.07, 6.45) is 1.19. The van der Waals surface area contributed by atoms with E-state index in [0.717, 1.165) is 26.2 Å². The summed E-state index contributed by atoms with van der Waals surface area (Å²) < 4.78 is 0. The van der Waals surface area contributed by atoms with E-state index in [-0.39, 0.29) is 5.54 Å². The molecule has 0 radical (unpaired) electrons. The van der Waals surface area contributed by atoms with E-state index in [1.165, 1.54) is 6.42 Å². The third kappa shape index (κ3) is 4.94. The maximum atomic E-state index is 5.79. The molecule has 0 heterocycles. The van der Waals surface area contributed by atoms with E-state index < -0.39 is 0 Å². The molecule has 0 amide bonds. The lowest BCUT2D eigenvalue weighted by atomic mass is 10.0. The number of rotatable bonds is 7. The summed E-state index contributed by atoms with van der Waals surface area (Å²) in [4.78, 5) is 4.70. The summed E-state index contributed by atoms with van der Waals surface area (Å²) >= 11 is 0. The fourth-order valence-corrected chi connectivity index (χ4v) is 1.44. The van der Waals surface area contributed by atoms with Crippen LogP contribution in [0.2, 0.25) is 0 Å². The molecule has 2 N–H and O–H groups in total. The second kappa shape index (κ2) is 6.38. The van der Waals surface area contributed by atoms with Crippen molar-refractivity contribution in [1.29, 1.82) is 0 Å². The summed E-state index contributed by atoms with van der Waals surface area (Å²) in [7, 11) is 4.22. The van der Waals surface area contributed by atoms with Gasteiger partial charge in [-0.1, -0.05) is 6.92 Å². The number of nitrogens with zero attached hydrogens (tertiary/aromatic N) is 2. The number of hydrogen-bond acceptors (Lipinski definition) is 3. The lowest BCUT2D eigenvalue weighted by molar-refractivity contribution is 0.116. The number of hydrogen-bond donors (Lipinski definition) is 1. The van der Waals surface area contributed by atoms with Gasteiger partial charge in [0.2, 0.25) is 0 Å². The predicted octanol–water partition coefficient (Wildman–Crippen LogP) is 0.997. The molecule has 86 valence electrons. The summed E-state index contributed by atoms with van der Waals surface area (Å²) in [5, 5.41) is 0. The van der Waals surface area contributed by atoms with Crippen LogP contribution in [0.3, 0.4) is 0 Å². The minimum Gasteiger partial charge on any atom is -0.329 e. The van der Waals surface area contributed by atoms with Crippen LogP contribution in [0.1, 0.15) is 27.2 Å². The van der Waals surface area contributed by atoms with Crippen molar-refractivity contribution < 1.29 is 0 Å². The molecule has 0 aliphatic rings. The van der Waals surface area contributed by atoms with Crippen molar-refractivity contribution in [3.05, 3.63) is 0 Å². The first kappa shape index (κ1) is 13.9.